The van der Waals surface area contributed by atoms with Gasteiger partial charge in [0, 0.05) is 6.54 Å². The number of thioether (sulfide) groups is 1. The summed E-state index contributed by atoms with van der Waals surface area (Å²) in [5.41, 5.74) is 0.988. The number of fused-ring (bicyclic) bond motifs is 1. The molecule has 1 aliphatic rings. The van der Waals surface area contributed by atoms with E-state index < -0.39 is 0 Å². The molecular weight excluding hydrogens is 284 g/mol. The van der Waals surface area contributed by atoms with Crippen molar-refractivity contribution in [1.29, 1.82) is 0 Å². The molecular formula is C12H15ClN4OS. The summed E-state index contributed by atoms with van der Waals surface area (Å²) in [6.07, 6.45) is 2.02. The predicted octanol–water partition coefficient (Wildman–Crippen LogP) is 2.33. The molecule has 2 aromatic heterocycles. The third kappa shape index (κ3) is 2.28. The van der Waals surface area contributed by atoms with E-state index in [1.807, 2.05) is 22.9 Å². The van der Waals surface area contributed by atoms with Gasteiger partial charge in [0.05, 0.1) is 24.3 Å². The fourth-order valence-corrected chi connectivity index (χ4v) is 3.01. The van der Waals surface area contributed by atoms with Gasteiger partial charge >= 0.3 is 0 Å². The molecule has 1 atom stereocenters. The topological polar surface area (TPSA) is 42.7 Å². The zero-order valence-electron chi connectivity index (χ0n) is 10.8. The van der Waals surface area contributed by atoms with Gasteiger partial charge in [0.1, 0.15) is 5.52 Å². The molecule has 1 aliphatic heterocycles. The number of hydrogen-bond donors (Lipinski definition) is 0. The maximum atomic E-state index is 6.07. The predicted molar refractivity (Wildman–Crippen MR) is 77.4 cm³/mol. The van der Waals surface area contributed by atoms with Crippen LogP contribution >= 0.6 is 23.4 Å². The number of ether oxygens (including phenoxy) is 1. The van der Waals surface area contributed by atoms with Gasteiger partial charge in [-0.15, -0.1) is 16.9 Å². The highest BCUT2D eigenvalue weighted by atomic mass is 35.5. The van der Waals surface area contributed by atoms with Crippen molar-refractivity contribution >= 4 is 34.7 Å². The highest BCUT2D eigenvalue weighted by molar-refractivity contribution is 7.98. The molecule has 2 aromatic rings. The highest BCUT2D eigenvalue weighted by Crippen LogP contribution is 2.28. The van der Waals surface area contributed by atoms with Crippen LogP contribution in [0, 0.1) is 0 Å². The molecule has 0 aromatic carbocycles. The molecule has 0 bridgehead atoms. The molecule has 1 fully saturated rings. The summed E-state index contributed by atoms with van der Waals surface area (Å²) in [7, 11) is 0. The smallest absolute Gasteiger partial charge is 0.243 e. The summed E-state index contributed by atoms with van der Waals surface area (Å²) in [6, 6.07) is 4.37. The third-order valence-electron chi connectivity index (χ3n) is 3.28. The lowest BCUT2D eigenvalue weighted by Crippen LogP contribution is -2.44. The van der Waals surface area contributed by atoms with Crippen molar-refractivity contribution in [3.63, 3.8) is 0 Å². The molecule has 0 radical (unpaired) electrons. The zero-order chi connectivity index (χ0) is 13.4. The number of morpholine rings is 1. The first-order valence-electron chi connectivity index (χ1n) is 6.14. The first-order valence-corrected chi connectivity index (χ1v) is 7.74. The number of anilines is 1. The quantitative estimate of drug-likeness (QED) is 0.796. The van der Waals surface area contributed by atoms with Gasteiger partial charge in [0.2, 0.25) is 5.28 Å². The molecule has 5 nitrogen and oxygen atoms in total. The van der Waals surface area contributed by atoms with Crippen LogP contribution in [0.3, 0.4) is 0 Å². The second-order valence-electron chi connectivity index (χ2n) is 4.49. The lowest BCUT2D eigenvalue weighted by Gasteiger charge is -2.34. The average Bonchev–Trinajstić information content (AvgIpc) is 2.81. The SMILES string of the molecule is CSc1ccc2c(N3CCOCC3C)nc(Cl)nn12. The normalized spacial score (nSPS) is 20.2. The molecule has 0 aliphatic carbocycles. The molecule has 3 heterocycles. The Morgan fingerprint density at radius 1 is 1.47 bits per heavy atom. The number of aromatic nitrogens is 3. The number of halogens is 1. The van der Waals surface area contributed by atoms with Crippen LogP contribution in [0.5, 0.6) is 0 Å². The van der Waals surface area contributed by atoms with Crippen LogP contribution in [0.4, 0.5) is 5.82 Å². The summed E-state index contributed by atoms with van der Waals surface area (Å²) in [6.45, 7) is 4.38. The van der Waals surface area contributed by atoms with Crippen molar-refractivity contribution in [3.05, 3.63) is 17.4 Å². The largest absolute Gasteiger partial charge is 0.377 e. The van der Waals surface area contributed by atoms with Crippen LogP contribution in [-0.2, 0) is 4.74 Å². The second-order valence-corrected chi connectivity index (χ2v) is 5.66. The van der Waals surface area contributed by atoms with Crippen molar-refractivity contribution in [2.75, 3.05) is 30.9 Å². The Morgan fingerprint density at radius 2 is 2.32 bits per heavy atom. The molecule has 19 heavy (non-hydrogen) atoms. The number of nitrogens with zero attached hydrogens (tertiary/aromatic N) is 4. The summed E-state index contributed by atoms with van der Waals surface area (Å²) in [5, 5.41) is 5.61. The van der Waals surface area contributed by atoms with E-state index in [-0.39, 0.29) is 11.3 Å². The van der Waals surface area contributed by atoms with Crippen molar-refractivity contribution in [1.82, 2.24) is 14.6 Å². The maximum Gasteiger partial charge on any atom is 0.243 e. The Bertz CT molecular complexity index is 603. The average molecular weight is 299 g/mol. The van der Waals surface area contributed by atoms with E-state index in [0.717, 1.165) is 22.9 Å². The van der Waals surface area contributed by atoms with Crippen molar-refractivity contribution in [2.45, 2.75) is 18.0 Å². The second kappa shape index (κ2) is 5.19. The fourth-order valence-electron chi connectivity index (χ4n) is 2.34. The minimum absolute atomic E-state index is 0.271. The van der Waals surface area contributed by atoms with Crippen LogP contribution in [0.25, 0.3) is 5.52 Å². The molecule has 0 saturated carbocycles. The van der Waals surface area contributed by atoms with Gasteiger partial charge in [-0.1, -0.05) is 0 Å². The highest BCUT2D eigenvalue weighted by Gasteiger charge is 2.23. The molecule has 1 unspecified atom stereocenters. The molecule has 3 rings (SSSR count). The van der Waals surface area contributed by atoms with Gasteiger partial charge < -0.3 is 9.64 Å². The summed E-state index contributed by atoms with van der Waals surface area (Å²) in [5.74, 6) is 0.885. The van der Waals surface area contributed by atoms with E-state index in [4.69, 9.17) is 16.3 Å². The van der Waals surface area contributed by atoms with Crippen molar-refractivity contribution in [2.24, 2.45) is 0 Å². The fraction of sp³-hybridized carbons (Fsp3) is 0.500. The van der Waals surface area contributed by atoms with Crippen LogP contribution in [0.2, 0.25) is 5.28 Å². The van der Waals surface area contributed by atoms with E-state index in [2.05, 4.69) is 21.9 Å². The molecule has 0 spiro atoms. The molecule has 1 saturated heterocycles. The minimum Gasteiger partial charge on any atom is -0.377 e. The molecule has 102 valence electrons. The van der Waals surface area contributed by atoms with Crippen molar-refractivity contribution in [3.8, 4) is 0 Å². The van der Waals surface area contributed by atoms with E-state index in [1.54, 1.807) is 11.8 Å². The van der Waals surface area contributed by atoms with Crippen LogP contribution < -0.4 is 4.90 Å². The van der Waals surface area contributed by atoms with Gasteiger partial charge in [-0.25, -0.2) is 4.52 Å². The van der Waals surface area contributed by atoms with Crippen LogP contribution in [0.15, 0.2) is 17.2 Å². The standard InChI is InChI=1S/C12H15ClN4OS/c1-8-7-18-6-5-16(8)11-9-3-4-10(19-2)17(9)15-12(13)14-11/h3-4,8H,5-7H2,1-2H3. The monoisotopic (exact) mass is 298 g/mol. The van der Waals surface area contributed by atoms with Gasteiger partial charge in [-0.3, -0.25) is 0 Å². The van der Waals surface area contributed by atoms with Crippen LogP contribution in [0.1, 0.15) is 6.92 Å². The van der Waals surface area contributed by atoms with E-state index >= 15 is 0 Å². The maximum absolute atomic E-state index is 6.07. The minimum atomic E-state index is 0.271. The van der Waals surface area contributed by atoms with E-state index in [0.29, 0.717) is 13.2 Å². The first-order chi connectivity index (χ1) is 9.20. The molecule has 0 N–H and O–H groups in total. The summed E-state index contributed by atoms with van der Waals surface area (Å²) >= 11 is 7.71. The summed E-state index contributed by atoms with van der Waals surface area (Å²) in [4.78, 5) is 6.65. The van der Waals surface area contributed by atoms with Gasteiger partial charge in [0.25, 0.3) is 0 Å². The zero-order valence-corrected chi connectivity index (χ0v) is 12.4. The number of rotatable bonds is 2. The van der Waals surface area contributed by atoms with Crippen LogP contribution in [-0.4, -0.2) is 46.7 Å². The Kier molecular flexibility index (Phi) is 3.56. The Labute approximate surface area is 120 Å². The van der Waals surface area contributed by atoms with E-state index in [9.17, 15) is 0 Å². The van der Waals surface area contributed by atoms with E-state index in [1.165, 1.54) is 0 Å². The van der Waals surface area contributed by atoms with Gasteiger partial charge in [0.15, 0.2) is 5.82 Å². The summed E-state index contributed by atoms with van der Waals surface area (Å²) < 4.78 is 7.33. The molecule has 0 amide bonds. The lowest BCUT2D eigenvalue weighted by molar-refractivity contribution is 0.0986. The van der Waals surface area contributed by atoms with Crippen molar-refractivity contribution < 1.29 is 4.74 Å². The van der Waals surface area contributed by atoms with Gasteiger partial charge in [-0.05, 0) is 36.9 Å². The number of hydrogen-bond acceptors (Lipinski definition) is 5. The lowest BCUT2D eigenvalue weighted by atomic mass is 10.2. The Morgan fingerprint density at radius 3 is 3.05 bits per heavy atom. The first kappa shape index (κ1) is 13.0. The molecule has 7 heteroatoms. The third-order valence-corrected chi connectivity index (χ3v) is 4.17. The van der Waals surface area contributed by atoms with Gasteiger partial charge in [-0.2, -0.15) is 4.98 Å². The Balaban J connectivity index is 2.14. The Hall–Kier alpha value is -0.980.